The fourth-order valence-corrected chi connectivity index (χ4v) is 3.63. The van der Waals surface area contributed by atoms with Gasteiger partial charge in [-0.05, 0) is 17.7 Å². The maximum absolute atomic E-state index is 12.0. The summed E-state index contributed by atoms with van der Waals surface area (Å²) in [5.74, 6) is 1.31. The quantitative estimate of drug-likeness (QED) is 0.595. The zero-order valence-corrected chi connectivity index (χ0v) is 15.8. The number of aromatic nitrogens is 2. The van der Waals surface area contributed by atoms with Crippen LogP contribution in [0.5, 0.6) is 0 Å². The van der Waals surface area contributed by atoms with Crippen LogP contribution in [-0.2, 0) is 17.8 Å². The van der Waals surface area contributed by atoms with Gasteiger partial charge in [0.05, 0.1) is 10.8 Å². The van der Waals surface area contributed by atoms with Crippen molar-refractivity contribution in [1.82, 2.24) is 14.9 Å². The van der Waals surface area contributed by atoms with Crippen molar-refractivity contribution in [3.8, 4) is 0 Å². The van der Waals surface area contributed by atoms with Gasteiger partial charge in [-0.2, -0.15) is 0 Å². The number of amides is 1. The van der Waals surface area contributed by atoms with E-state index in [1.54, 1.807) is 6.20 Å². The van der Waals surface area contributed by atoms with Gasteiger partial charge in [-0.25, -0.2) is 4.98 Å². The molecule has 134 valence electrons. The summed E-state index contributed by atoms with van der Waals surface area (Å²) in [5.41, 5.74) is 1.23. The molecule has 0 saturated heterocycles. The lowest BCUT2D eigenvalue weighted by Crippen LogP contribution is -2.28. The van der Waals surface area contributed by atoms with Crippen LogP contribution in [0.3, 0.4) is 0 Å². The molecule has 1 N–H and O–H groups in total. The molecule has 3 rings (SSSR count). The fourth-order valence-electron chi connectivity index (χ4n) is 2.56. The van der Waals surface area contributed by atoms with Crippen molar-refractivity contribution in [2.24, 2.45) is 0 Å². The molecule has 0 aliphatic rings. The van der Waals surface area contributed by atoms with Crippen molar-refractivity contribution >= 4 is 29.3 Å². The third-order valence-electron chi connectivity index (χ3n) is 3.86. The largest absolute Gasteiger partial charge is 0.355 e. The Balaban J connectivity index is 1.44. The molecule has 1 heterocycles. The van der Waals surface area contributed by atoms with E-state index in [4.69, 9.17) is 11.6 Å². The van der Waals surface area contributed by atoms with Crippen LogP contribution in [0.15, 0.2) is 71.9 Å². The number of halogens is 1. The molecule has 6 heteroatoms. The first kappa shape index (κ1) is 18.5. The Hall–Kier alpha value is -2.24. The Morgan fingerprint density at radius 3 is 2.69 bits per heavy atom. The Bertz CT molecular complexity index is 851. The van der Waals surface area contributed by atoms with Gasteiger partial charge in [-0.15, -0.1) is 11.8 Å². The molecule has 0 atom stereocenters. The van der Waals surface area contributed by atoms with Gasteiger partial charge in [0.25, 0.3) is 0 Å². The summed E-state index contributed by atoms with van der Waals surface area (Å²) in [6.07, 6.45) is 4.47. The van der Waals surface area contributed by atoms with Crippen LogP contribution in [0.4, 0.5) is 0 Å². The number of thioether (sulfide) groups is 1. The monoisotopic (exact) mass is 385 g/mol. The Labute approximate surface area is 162 Å². The molecular weight excluding hydrogens is 366 g/mol. The predicted octanol–water partition coefficient (Wildman–Crippen LogP) is 4.04. The van der Waals surface area contributed by atoms with Crippen LogP contribution in [-0.4, -0.2) is 27.8 Å². The van der Waals surface area contributed by atoms with Crippen molar-refractivity contribution < 1.29 is 4.79 Å². The summed E-state index contributed by atoms with van der Waals surface area (Å²) in [6, 6.07) is 17.8. The molecule has 4 nitrogen and oxygen atoms in total. The molecular formula is C20H20ClN3OS. The minimum Gasteiger partial charge on any atom is -0.355 e. The summed E-state index contributed by atoms with van der Waals surface area (Å²) >= 11 is 7.54. The standard InChI is InChI=1S/C20H20ClN3OS/c21-17-8-4-5-9-18(17)26-15-20(25)23-11-10-19-22-12-13-24(19)14-16-6-2-1-3-7-16/h1-9,12-13H,10-11,14-15H2,(H,23,25). The lowest BCUT2D eigenvalue weighted by molar-refractivity contribution is -0.118. The summed E-state index contributed by atoms with van der Waals surface area (Å²) in [7, 11) is 0. The second kappa shape index (κ2) is 9.46. The van der Waals surface area contributed by atoms with E-state index >= 15 is 0 Å². The Kier molecular flexibility index (Phi) is 6.75. The first-order chi connectivity index (χ1) is 12.7. The first-order valence-corrected chi connectivity index (χ1v) is 9.76. The highest BCUT2D eigenvalue weighted by molar-refractivity contribution is 8.00. The normalized spacial score (nSPS) is 10.7. The van der Waals surface area contributed by atoms with Crippen LogP contribution >= 0.6 is 23.4 Å². The molecule has 3 aromatic rings. The van der Waals surface area contributed by atoms with E-state index in [2.05, 4.69) is 27.0 Å². The van der Waals surface area contributed by atoms with Crippen molar-refractivity contribution in [3.05, 3.63) is 83.4 Å². The number of nitrogens with zero attached hydrogens (tertiary/aromatic N) is 2. The number of rotatable bonds is 8. The van der Waals surface area contributed by atoms with Crippen LogP contribution in [0, 0.1) is 0 Å². The number of benzene rings is 2. The number of nitrogens with one attached hydrogen (secondary N) is 1. The molecule has 1 amide bonds. The second-order valence-corrected chi connectivity index (χ2v) is 7.20. The zero-order chi connectivity index (χ0) is 18.2. The molecule has 26 heavy (non-hydrogen) atoms. The highest BCUT2D eigenvalue weighted by Crippen LogP contribution is 2.26. The SMILES string of the molecule is O=C(CSc1ccccc1Cl)NCCc1nccn1Cc1ccccc1. The summed E-state index contributed by atoms with van der Waals surface area (Å²) in [4.78, 5) is 17.4. The van der Waals surface area contributed by atoms with E-state index in [1.165, 1.54) is 17.3 Å². The van der Waals surface area contributed by atoms with Crippen LogP contribution in [0.1, 0.15) is 11.4 Å². The van der Waals surface area contributed by atoms with Gasteiger partial charge < -0.3 is 9.88 Å². The van der Waals surface area contributed by atoms with Crippen LogP contribution < -0.4 is 5.32 Å². The van der Waals surface area contributed by atoms with Gasteiger partial charge >= 0.3 is 0 Å². The van der Waals surface area contributed by atoms with Crippen molar-refractivity contribution in [2.75, 3.05) is 12.3 Å². The Morgan fingerprint density at radius 2 is 1.88 bits per heavy atom. The zero-order valence-electron chi connectivity index (χ0n) is 14.3. The van der Waals surface area contributed by atoms with Gasteiger partial charge in [-0.1, -0.05) is 54.1 Å². The highest BCUT2D eigenvalue weighted by atomic mass is 35.5. The third-order valence-corrected chi connectivity index (χ3v) is 5.38. The third kappa shape index (κ3) is 5.38. The lowest BCUT2D eigenvalue weighted by Gasteiger charge is -2.09. The topological polar surface area (TPSA) is 46.9 Å². The number of hydrogen-bond donors (Lipinski definition) is 1. The van der Waals surface area contributed by atoms with E-state index in [1.807, 2.05) is 48.7 Å². The van der Waals surface area contributed by atoms with Gasteiger partial charge in [0.1, 0.15) is 5.82 Å². The summed E-state index contributed by atoms with van der Waals surface area (Å²) in [6.45, 7) is 1.35. The van der Waals surface area contributed by atoms with Gasteiger partial charge in [0, 0.05) is 36.8 Å². The molecule has 0 saturated carbocycles. The van der Waals surface area contributed by atoms with Crippen LogP contribution in [0.25, 0.3) is 0 Å². The molecule has 0 bridgehead atoms. The van der Waals surface area contributed by atoms with E-state index < -0.39 is 0 Å². The van der Waals surface area contributed by atoms with Crippen molar-refractivity contribution in [1.29, 1.82) is 0 Å². The van der Waals surface area contributed by atoms with E-state index in [-0.39, 0.29) is 5.91 Å². The van der Waals surface area contributed by atoms with Crippen molar-refractivity contribution in [2.45, 2.75) is 17.9 Å². The molecule has 0 aliphatic heterocycles. The average molecular weight is 386 g/mol. The fraction of sp³-hybridized carbons (Fsp3) is 0.200. The predicted molar refractivity (Wildman–Crippen MR) is 107 cm³/mol. The smallest absolute Gasteiger partial charge is 0.230 e. The van der Waals surface area contributed by atoms with E-state index in [9.17, 15) is 4.79 Å². The number of hydrogen-bond acceptors (Lipinski definition) is 3. The lowest BCUT2D eigenvalue weighted by atomic mass is 10.2. The molecule has 0 spiro atoms. The highest BCUT2D eigenvalue weighted by Gasteiger charge is 2.07. The van der Waals surface area contributed by atoms with Gasteiger partial charge in [-0.3, -0.25) is 4.79 Å². The molecule has 0 aliphatic carbocycles. The first-order valence-electron chi connectivity index (χ1n) is 8.40. The van der Waals surface area contributed by atoms with Gasteiger partial charge in [0.15, 0.2) is 0 Å². The summed E-state index contributed by atoms with van der Waals surface area (Å²) in [5, 5.41) is 3.62. The minimum atomic E-state index is -0.00362. The van der Waals surface area contributed by atoms with Crippen LogP contribution in [0.2, 0.25) is 5.02 Å². The van der Waals surface area contributed by atoms with E-state index in [0.29, 0.717) is 23.7 Å². The maximum atomic E-state index is 12.0. The molecule has 0 unspecified atom stereocenters. The minimum absolute atomic E-state index is 0.00362. The Morgan fingerprint density at radius 1 is 1.12 bits per heavy atom. The summed E-state index contributed by atoms with van der Waals surface area (Å²) < 4.78 is 2.11. The molecule has 0 fully saturated rings. The molecule has 2 aromatic carbocycles. The average Bonchev–Trinajstić information content (AvgIpc) is 3.09. The maximum Gasteiger partial charge on any atom is 0.230 e. The second-order valence-electron chi connectivity index (χ2n) is 5.78. The van der Waals surface area contributed by atoms with Gasteiger partial charge in [0.2, 0.25) is 5.91 Å². The number of carbonyl (C=O) groups is 1. The molecule has 1 aromatic heterocycles. The van der Waals surface area contributed by atoms with Crippen molar-refractivity contribution in [3.63, 3.8) is 0 Å². The number of carbonyl (C=O) groups excluding carboxylic acids is 1. The molecule has 0 radical (unpaired) electrons. The van der Waals surface area contributed by atoms with E-state index in [0.717, 1.165) is 17.3 Å². The number of imidazole rings is 1.